The van der Waals surface area contributed by atoms with Gasteiger partial charge in [-0.1, -0.05) is 12.6 Å². The average Bonchev–Trinajstić information content (AvgIpc) is 3.08. The van der Waals surface area contributed by atoms with Crippen molar-refractivity contribution in [1.29, 1.82) is 5.26 Å². The second-order valence-corrected chi connectivity index (χ2v) is 5.82. The number of hydrogen-bond acceptors (Lipinski definition) is 5. The van der Waals surface area contributed by atoms with Gasteiger partial charge >= 0.3 is 0 Å². The second kappa shape index (κ2) is 8.51. The molecule has 2 aromatic heterocycles. The van der Waals surface area contributed by atoms with Gasteiger partial charge in [0.15, 0.2) is 0 Å². The van der Waals surface area contributed by atoms with Crippen LogP contribution in [-0.2, 0) is 16.0 Å². The number of fused-ring (bicyclic) bond motifs is 1. The van der Waals surface area contributed by atoms with Crippen LogP contribution in [0, 0.1) is 11.3 Å². The number of aromatic nitrogens is 2. The molecule has 0 fully saturated rings. The van der Waals surface area contributed by atoms with Crippen LogP contribution in [0.5, 0.6) is 11.5 Å². The van der Waals surface area contributed by atoms with Crippen molar-refractivity contribution in [3.63, 3.8) is 0 Å². The number of amides is 2. The fourth-order valence-electron chi connectivity index (χ4n) is 2.58. The molecule has 140 valence electrons. The van der Waals surface area contributed by atoms with E-state index in [4.69, 9.17) is 10.00 Å². The standard InChI is InChI=1S/C20H17N5O3/c1-2-18(26)25-14-4-3-5-15(9-14)28-16-10-17-13(8-19(27)22-7-6-21)11-23-20(17)24-12-16/h2-5,9-12H,1,7-8H2,(H,22,27)(H,23,24)(H,25,26). The third kappa shape index (κ3) is 4.53. The predicted molar refractivity (Wildman–Crippen MR) is 104 cm³/mol. The van der Waals surface area contributed by atoms with Gasteiger partial charge in [0.05, 0.1) is 18.7 Å². The number of nitrogens with one attached hydrogen (secondary N) is 3. The molecule has 1 aromatic carbocycles. The maximum atomic E-state index is 11.9. The van der Waals surface area contributed by atoms with Gasteiger partial charge in [0, 0.05) is 23.3 Å². The van der Waals surface area contributed by atoms with Crippen LogP contribution in [0.25, 0.3) is 11.0 Å². The number of ether oxygens (including phenoxy) is 1. The minimum absolute atomic E-state index is 0.0352. The Labute approximate surface area is 160 Å². The molecule has 0 unspecified atom stereocenters. The van der Waals surface area contributed by atoms with E-state index < -0.39 is 0 Å². The van der Waals surface area contributed by atoms with E-state index in [0.717, 1.165) is 10.9 Å². The summed E-state index contributed by atoms with van der Waals surface area (Å²) in [4.78, 5) is 30.6. The number of aromatic amines is 1. The number of nitriles is 1. The van der Waals surface area contributed by atoms with Crippen molar-refractivity contribution in [2.24, 2.45) is 0 Å². The van der Waals surface area contributed by atoms with Crippen LogP contribution in [0.2, 0.25) is 0 Å². The largest absolute Gasteiger partial charge is 0.456 e. The van der Waals surface area contributed by atoms with E-state index in [1.807, 2.05) is 6.07 Å². The number of anilines is 1. The molecule has 0 aliphatic rings. The Morgan fingerprint density at radius 1 is 1.32 bits per heavy atom. The van der Waals surface area contributed by atoms with Crippen molar-refractivity contribution in [3.8, 4) is 17.6 Å². The molecule has 3 aromatic rings. The van der Waals surface area contributed by atoms with E-state index in [1.54, 1.807) is 42.7 Å². The Morgan fingerprint density at radius 2 is 2.18 bits per heavy atom. The van der Waals surface area contributed by atoms with Crippen molar-refractivity contribution in [2.75, 3.05) is 11.9 Å². The lowest BCUT2D eigenvalue weighted by atomic mass is 10.1. The number of H-pyrrole nitrogens is 1. The zero-order valence-electron chi connectivity index (χ0n) is 14.9. The number of hydrogen-bond donors (Lipinski definition) is 3. The topological polar surface area (TPSA) is 120 Å². The molecule has 8 nitrogen and oxygen atoms in total. The smallest absolute Gasteiger partial charge is 0.247 e. The van der Waals surface area contributed by atoms with Crippen LogP contribution in [0.15, 0.2) is 55.4 Å². The normalized spacial score (nSPS) is 10.1. The van der Waals surface area contributed by atoms with Gasteiger partial charge in [-0.05, 0) is 29.8 Å². The molecule has 2 amide bonds. The van der Waals surface area contributed by atoms with Crippen molar-refractivity contribution in [1.82, 2.24) is 15.3 Å². The van der Waals surface area contributed by atoms with Crippen LogP contribution < -0.4 is 15.4 Å². The molecule has 8 heteroatoms. The highest BCUT2D eigenvalue weighted by molar-refractivity contribution is 5.99. The Morgan fingerprint density at radius 3 is 2.96 bits per heavy atom. The number of benzene rings is 1. The minimum Gasteiger partial charge on any atom is -0.456 e. The van der Waals surface area contributed by atoms with Crippen molar-refractivity contribution in [3.05, 3.63) is 60.9 Å². The molecule has 3 rings (SSSR count). The van der Waals surface area contributed by atoms with Gasteiger partial charge in [0.2, 0.25) is 11.8 Å². The van der Waals surface area contributed by atoms with Crippen LogP contribution >= 0.6 is 0 Å². The zero-order valence-corrected chi connectivity index (χ0v) is 14.9. The zero-order chi connectivity index (χ0) is 19.9. The highest BCUT2D eigenvalue weighted by Crippen LogP contribution is 2.27. The Hall–Kier alpha value is -4.12. The van der Waals surface area contributed by atoms with E-state index in [-0.39, 0.29) is 24.8 Å². The van der Waals surface area contributed by atoms with E-state index in [2.05, 4.69) is 27.2 Å². The fraction of sp³-hybridized carbons (Fsp3) is 0.100. The van der Waals surface area contributed by atoms with Gasteiger partial charge in [-0.2, -0.15) is 5.26 Å². The van der Waals surface area contributed by atoms with Gasteiger partial charge in [-0.3, -0.25) is 9.59 Å². The Kier molecular flexibility index (Phi) is 5.67. The van der Waals surface area contributed by atoms with Gasteiger partial charge in [0.1, 0.15) is 23.7 Å². The third-order valence-electron chi connectivity index (χ3n) is 3.83. The monoisotopic (exact) mass is 375 g/mol. The van der Waals surface area contributed by atoms with E-state index in [0.29, 0.717) is 22.8 Å². The lowest BCUT2D eigenvalue weighted by Crippen LogP contribution is -2.25. The van der Waals surface area contributed by atoms with E-state index in [1.165, 1.54) is 6.08 Å². The molecule has 0 atom stereocenters. The number of carbonyl (C=O) groups excluding carboxylic acids is 2. The molecular formula is C20H17N5O3. The number of pyridine rings is 1. The van der Waals surface area contributed by atoms with Crippen molar-refractivity contribution < 1.29 is 14.3 Å². The summed E-state index contributed by atoms with van der Waals surface area (Å²) in [5, 5.41) is 14.5. The van der Waals surface area contributed by atoms with Crippen molar-refractivity contribution in [2.45, 2.75) is 6.42 Å². The summed E-state index contributed by atoms with van der Waals surface area (Å²) < 4.78 is 5.84. The summed E-state index contributed by atoms with van der Waals surface area (Å²) >= 11 is 0. The first kappa shape index (κ1) is 18.7. The molecule has 0 saturated heterocycles. The molecule has 0 radical (unpaired) electrons. The summed E-state index contributed by atoms with van der Waals surface area (Å²) in [5.41, 5.74) is 1.95. The predicted octanol–water partition coefficient (Wildman–Crippen LogP) is 2.66. The minimum atomic E-state index is -0.313. The molecule has 28 heavy (non-hydrogen) atoms. The van der Waals surface area contributed by atoms with Gasteiger partial charge < -0.3 is 20.4 Å². The number of carbonyl (C=O) groups is 2. The van der Waals surface area contributed by atoms with Crippen LogP contribution in [0.4, 0.5) is 5.69 Å². The van der Waals surface area contributed by atoms with E-state index >= 15 is 0 Å². The van der Waals surface area contributed by atoms with Crippen LogP contribution in [0.3, 0.4) is 0 Å². The lowest BCUT2D eigenvalue weighted by Gasteiger charge is -2.08. The van der Waals surface area contributed by atoms with Crippen molar-refractivity contribution >= 4 is 28.5 Å². The lowest BCUT2D eigenvalue weighted by molar-refractivity contribution is -0.120. The summed E-state index contributed by atoms with van der Waals surface area (Å²) in [7, 11) is 0. The Balaban J connectivity index is 1.79. The van der Waals surface area contributed by atoms with E-state index in [9.17, 15) is 9.59 Å². The third-order valence-corrected chi connectivity index (χ3v) is 3.83. The molecule has 0 aliphatic heterocycles. The maximum absolute atomic E-state index is 11.9. The molecule has 3 N–H and O–H groups in total. The first-order valence-corrected chi connectivity index (χ1v) is 8.40. The highest BCUT2D eigenvalue weighted by Gasteiger charge is 2.11. The first-order valence-electron chi connectivity index (χ1n) is 8.40. The van der Waals surface area contributed by atoms with Gasteiger partial charge in [-0.15, -0.1) is 0 Å². The summed E-state index contributed by atoms with van der Waals surface area (Å²) in [6.45, 7) is 3.38. The number of nitrogens with zero attached hydrogens (tertiary/aromatic N) is 2. The van der Waals surface area contributed by atoms with Gasteiger partial charge in [0.25, 0.3) is 0 Å². The Bertz CT molecular complexity index is 1080. The first-order chi connectivity index (χ1) is 13.6. The molecule has 0 aliphatic carbocycles. The molecule has 0 spiro atoms. The fourth-order valence-corrected chi connectivity index (χ4v) is 2.58. The molecular weight excluding hydrogens is 358 g/mol. The SMILES string of the molecule is C=CC(=O)Nc1cccc(Oc2cnc3[nH]cc(CC(=O)NCC#N)c3c2)c1. The average molecular weight is 375 g/mol. The van der Waals surface area contributed by atoms with Gasteiger partial charge in [-0.25, -0.2) is 4.98 Å². The number of rotatable bonds is 7. The molecule has 0 saturated carbocycles. The molecule has 2 heterocycles. The summed E-state index contributed by atoms with van der Waals surface area (Å²) in [6, 6.07) is 10.6. The van der Waals surface area contributed by atoms with Crippen LogP contribution in [0.1, 0.15) is 5.56 Å². The van der Waals surface area contributed by atoms with Crippen LogP contribution in [-0.4, -0.2) is 28.3 Å². The second-order valence-electron chi connectivity index (χ2n) is 5.82. The quantitative estimate of drug-likeness (QED) is 0.433. The summed E-state index contributed by atoms with van der Waals surface area (Å²) in [6.07, 6.45) is 4.58. The highest BCUT2D eigenvalue weighted by atomic mass is 16.5. The maximum Gasteiger partial charge on any atom is 0.247 e. The summed E-state index contributed by atoms with van der Waals surface area (Å²) in [5.74, 6) is 0.441. The molecule has 0 bridgehead atoms.